The van der Waals surface area contributed by atoms with Gasteiger partial charge in [-0.05, 0) is 18.9 Å². The molecule has 0 spiro atoms. The van der Waals surface area contributed by atoms with Crippen molar-refractivity contribution >= 4 is 6.09 Å². The first-order valence-corrected chi connectivity index (χ1v) is 7.51. The van der Waals surface area contributed by atoms with E-state index in [1.807, 2.05) is 61.3 Å². The Morgan fingerprint density at radius 1 is 1.26 bits per heavy atom. The van der Waals surface area contributed by atoms with Gasteiger partial charge < -0.3 is 4.74 Å². The zero-order valence-electron chi connectivity index (χ0n) is 13.5. The van der Waals surface area contributed by atoms with Crippen LogP contribution in [0, 0.1) is 12.3 Å². The molecule has 1 amide bonds. The van der Waals surface area contributed by atoms with E-state index in [-0.39, 0.29) is 12.6 Å². The van der Waals surface area contributed by atoms with Crippen molar-refractivity contribution in [3.63, 3.8) is 0 Å². The summed E-state index contributed by atoms with van der Waals surface area (Å²) in [5, 5.41) is 0. The molecular formula is C19H21N2O2+. The molecule has 0 aliphatic rings. The first-order valence-electron chi connectivity index (χ1n) is 7.51. The van der Waals surface area contributed by atoms with E-state index >= 15 is 0 Å². The molecule has 0 aliphatic carbocycles. The van der Waals surface area contributed by atoms with Gasteiger partial charge in [0.15, 0.2) is 12.4 Å². The summed E-state index contributed by atoms with van der Waals surface area (Å²) in [5.41, 5.74) is 1.15. The van der Waals surface area contributed by atoms with Crippen LogP contribution in [0.5, 0.6) is 5.75 Å². The third kappa shape index (κ3) is 4.86. The highest BCUT2D eigenvalue weighted by molar-refractivity contribution is 5.71. The van der Waals surface area contributed by atoms with Crippen molar-refractivity contribution in [2.75, 3.05) is 6.54 Å². The summed E-state index contributed by atoms with van der Waals surface area (Å²) >= 11 is 0. The Balaban J connectivity index is 2.05. The SMILES string of the molecule is C#CCN(C(=O)Oc1cc[n+](C)cc1)[C@H](C)Cc1ccccc1. The van der Waals surface area contributed by atoms with Crippen LogP contribution in [0.2, 0.25) is 0 Å². The molecule has 0 unspecified atom stereocenters. The Bertz CT molecular complexity index is 675. The molecule has 2 rings (SSSR count). The fourth-order valence-electron chi connectivity index (χ4n) is 2.28. The second-order valence-electron chi connectivity index (χ2n) is 5.44. The largest absolute Gasteiger partial charge is 0.416 e. The van der Waals surface area contributed by atoms with Crippen molar-refractivity contribution in [1.82, 2.24) is 4.90 Å². The topological polar surface area (TPSA) is 33.4 Å². The minimum atomic E-state index is -0.430. The van der Waals surface area contributed by atoms with Crippen LogP contribution in [0.4, 0.5) is 4.79 Å². The van der Waals surface area contributed by atoms with Crippen molar-refractivity contribution in [2.24, 2.45) is 7.05 Å². The summed E-state index contributed by atoms with van der Waals surface area (Å²) in [6.45, 7) is 2.18. The normalized spacial score (nSPS) is 11.3. The van der Waals surface area contributed by atoms with Gasteiger partial charge in [-0.2, -0.15) is 0 Å². The Kier molecular flexibility index (Phi) is 5.76. The number of hydrogen-bond donors (Lipinski definition) is 0. The number of benzene rings is 1. The minimum absolute atomic E-state index is 0.0548. The van der Waals surface area contributed by atoms with E-state index in [2.05, 4.69) is 5.92 Å². The lowest BCUT2D eigenvalue weighted by atomic mass is 10.1. The van der Waals surface area contributed by atoms with E-state index in [4.69, 9.17) is 11.2 Å². The maximum Gasteiger partial charge on any atom is 0.416 e. The van der Waals surface area contributed by atoms with Crippen LogP contribution < -0.4 is 9.30 Å². The molecule has 4 nitrogen and oxygen atoms in total. The van der Waals surface area contributed by atoms with Crippen LogP contribution in [-0.4, -0.2) is 23.6 Å². The molecule has 1 aromatic carbocycles. The number of nitrogens with zero attached hydrogens (tertiary/aromatic N) is 2. The molecule has 1 atom stereocenters. The third-order valence-electron chi connectivity index (χ3n) is 3.56. The number of carbonyl (C=O) groups is 1. The standard InChI is InChI=1S/C19H21N2O2/c1-4-12-21(16(2)15-17-8-6-5-7-9-17)19(22)23-18-10-13-20(3)14-11-18/h1,5-11,13-14,16H,12,15H2,2-3H3/q+1/t16-/m1/s1. The second kappa shape index (κ2) is 8.00. The summed E-state index contributed by atoms with van der Waals surface area (Å²) in [6.07, 6.45) is 9.34. The van der Waals surface area contributed by atoms with Crippen molar-refractivity contribution in [1.29, 1.82) is 0 Å². The molecule has 0 radical (unpaired) electrons. The minimum Gasteiger partial charge on any atom is -0.410 e. The zero-order valence-corrected chi connectivity index (χ0v) is 13.5. The fraction of sp³-hybridized carbons (Fsp3) is 0.263. The predicted molar refractivity (Wildman–Crippen MR) is 88.8 cm³/mol. The molecule has 118 valence electrons. The molecule has 0 bridgehead atoms. The van der Waals surface area contributed by atoms with Crippen LogP contribution >= 0.6 is 0 Å². The summed E-state index contributed by atoms with van der Waals surface area (Å²) in [7, 11) is 1.90. The predicted octanol–water partition coefficient (Wildman–Crippen LogP) is 2.58. The molecule has 4 heteroatoms. The highest BCUT2D eigenvalue weighted by Gasteiger charge is 2.21. The Labute approximate surface area is 137 Å². The van der Waals surface area contributed by atoms with E-state index in [0.29, 0.717) is 5.75 Å². The van der Waals surface area contributed by atoms with Gasteiger partial charge in [0.25, 0.3) is 0 Å². The number of aromatic nitrogens is 1. The highest BCUT2D eigenvalue weighted by Crippen LogP contribution is 2.13. The van der Waals surface area contributed by atoms with Gasteiger partial charge in [0, 0.05) is 18.2 Å². The molecule has 23 heavy (non-hydrogen) atoms. The molecule has 1 aromatic heterocycles. The van der Waals surface area contributed by atoms with E-state index < -0.39 is 6.09 Å². The maximum absolute atomic E-state index is 12.4. The highest BCUT2D eigenvalue weighted by atomic mass is 16.6. The van der Waals surface area contributed by atoms with E-state index in [1.165, 1.54) is 0 Å². The average molecular weight is 309 g/mol. The summed E-state index contributed by atoms with van der Waals surface area (Å²) in [6, 6.07) is 13.4. The Morgan fingerprint density at radius 3 is 2.52 bits per heavy atom. The molecule has 0 N–H and O–H groups in total. The lowest BCUT2D eigenvalue weighted by molar-refractivity contribution is -0.671. The first-order chi connectivity index (χ1) is 11.1. The molecule has 1 heterocycles. The summed E-state index contributed by atoms with van der Waals surface area (Å²) < 4.78 is 7.29. The number of ether oxygens (including phenoxy) is 1. The second-order valence-corrected chi connectivity index (χ2v) is 5.44. The molecule has 0 saturated carbocycles. The summed E-state index contributed by atoms with van der Waals surface area (Å²) in [5.74, 6) is 3.03. The van der Waals surface area contributed by atoms with E-state index in [0.717, 1.165) is 12.0 Å². The first kappa shape index (κ1) is 16.6. The molecular weight excluding hydrogens is 288 g/mol. The van der Waals surface area contributed by atoms with Gasteiger partial charge in [-0.25, -0.2) is 9.36 Å². The summed E-state index contributed by atoms with van der Waals surface area (Å²) in [4.78, 5) is 14.0. The van der Waals surface area contributed by atoms with Gasteiger partial charge in [-0.15, -0.1) is 6.42 Å². The zero-order chi connectivity index (χ0) is 16.7. The van der Waals surface area contributed by atoms with Crippen molar-refractivity contribution in [2.45, 2.75) is 19.4 Å². The number of rotatable bonds is 5. The lowest BCUT2D eigenvalue weighted by Crippen LogP contribution is -2.42. The fourth-order valence-corrected chi connectivity index (χ4v) is 2.28. The van der Waals surface area contributed by atoms with Crippen LogP contribution in [0.1, 0.15) is 12.5 Å². The number of terminal acetylenes is 1. The van der Waals surface area contributed by atoms with E-state index in [9.17, 15) is 4.79 Å². The lowest BCUT2D eigenvalue weighted by Gasteiger charge is -2.26. The number of pyridine rings is 1. The smallest absolute Gasteiger partial charge is 0.410 e. The number of amides is 1. The molecule has 0 fully saturated rings. The number of carbonyl (C=O) groups excluding carboxylic acids is 1. The number of hydrogen-bond acceptors (Lipinski definition) is 2. The van der Waals surface area contributed by atoms with Crippen molar-refractivity contribution in [3.8, 4) is 18.1 Å². The Hall–Kier alpha value is -2.80. The monoisotopic (exact) mass is 309 g/mol. The third-order valence-corrected chi connectivity index (χ3v) is 3.56. The van der Waals surface area contributed by atoms with E-state index in [1.54, 1.807) is 17.0 Å². The van der Waals surface area contributed by atoms with Crippen LogP contribution in [0.3, 0.4) is 0 Å². The van der Waals surface area contributed by atoms with Gasteiger partial charge in [0.1, 0.15) is 12.8 Å². The quantitative estimate of drug-likeness (QED) is 0.628. The average Bonchev–Trinajstić information content (AvgIpc) is 2.55. The van der Waals surface area contributed by atoms with Crippen molar-refractivity contribution in [3.05, 3.63) is 60.4 Å². The maximum atomic E-state index is 12.4. The van der Waals surface area contributed by atoms with Crippen molar-refractivity contribution < 1.29 is 14.1 Å². The van der Waals surface area contributed by atoms with Gasteiger partial charge in [0.05, 0.1) is 6.54 Å². The number of aryl methyl sites for hydroxylation is 1. The Morgan fingerprint density at radius 2 is 1.91 bits per heavy atom. The van der Waals surface area contributed by atoms with Gasteiger partial charge >= 0.3 is 6.09 Å². The van der Waals surface area contributed by atoms with Crippen LogP contribution in [-0.2, 0) is 13.5 Å². The van der Waals surface area contributed by atoms with Gasteiger partial charge in [-0.3, -0.25) is 4.90 Å². The molecule has 0 saturated heterocycles. The molecule has 2 aromatic rings. The molecule has 0 aliphatic heterocycles. The van der Waals surface area contributed by atoms with Gasteiger partial charge in [0.2, 0.25) is 0 Å². The van der Waals surface area contributed by atoms with Gasteiger partial charge in [-0.1, -0.05) is 36.3 Å². The van der Waals surface area contributed by atoms with Crippen LogP contribution in [0.15, 0.2) is 54.9 Å². The van der Waals surface area contributed by atoms with Crippen LogP contribution in [0.25, 0.3) is 0 Å².